The molecule has 0 spiro atoms. The van der Waals surface area contributed by atoms with Gasteiger partial charge in [-0.3, -0.25) is 18.8 Å². The smallest absolute Gasteiger partial charge is 0.262 e. The first-order valence-electron chi connectivity index (χ1n) is 11.3. The quantitative estimate of drug-likeness (QED) is 0.282. The molecule has 3 aromatic heterocycles. The maximum absolute atomic E-state index is 13.4. The predicted octanol–water partition coefficient (Wildman–Crippen LogP) is 4.73. The van der Waals surface area contributed by atoms with Crippen LogP contribution in [0.5, 0.6) is 0 Å². The highest BCUT2D eigenvalue weighted by Crippen LogP contribution is 2.28. The Balaban J connectivity index is 1.63. The van der Waals surface area contributed by atoms with Gasteiger partial charge in [0.2, 0.25) is 5.91 Å². The minimum atomic E-state index is -0.447. The van der Waals surface area contributed by atoms with Crippen LogP contribution in [0.3, 0.4) is 0 Å². The van der Waals surface area contributed by atoms with Gasteiger partial charge in [-0.15, -0.1) is 11.3 Å². The number of carbonyl (C=O) groups is 1. The molecule has 0 saturated heterocycles. The first kappa shape index (κ1) is 24.2. The number of hydrogen-bond donors (Lipinski definition) is 1. The van der Waals surface area contributed by atoms with E-state index in [4.69, 9.17) is 4.98 Å². The van der Waals surface area contributed by atoms with E-state index < -0.39 is 5.25 Å². The van der Waals surface area contributed by atoms with Crippen LogP contribution in [-0.4, -0.2) is 30.5 Å². The first-order valence-corrected chi connectivity index (χ1v) is 13.0. The van der Waals surface area contributed by atoms with E-state index in [0.717, 1.165) is 38.8 Å². The van der Waals surface area contributed by atoms with Gasteiger partial charge in [0.25, 0.3) is 5.56 Å². The molecular weight excluding hydrogens is 466 g/mol. The van der Waals surface area contributed by atoms with Gasteiger partial charge >= 0.3 is 0 Å². The number of thioether (sulfide) groups is 1. The molecule has 0 saturated carbocycles. The minimum absolute atomic E-state index is 0.0501. The summed E-state index contributed by atoms with van der Waals surface area (Å²) in [4.78, 5) is 33.2. The zero-order chi connectivity index (χ0) is 24.4. The summed E-state index contributed by atoms with van der Waals surface area (Å²) in [6.45, 7) is 8.21. The lowest BCUT2D eigenvalue weighted by Gasteiger charge is -2.16. The fourth-order valence-electron chi connectivity index (χ4n) is 3.79. The lowest BCUT2D eigenvalue weighted by Crippen LogP contribution is -2.27. The van der Waals surface area contributed by atoms with Gasteiger partial charge in [-0.1, -0.05) is 49.0 Å². The Morgan fingerprint density at radius 2 is 1.97 bits per heavy atom. The number of thiophene rings is 1. The average Bonchev–Trinajstić information content (AvgIpc) is 3.35. The second-order valence-corrected chi connectivity index (χ2v) is 10.7. The SMILES string of the molecule is CCc1cc2c(=O)n(CCc3ccccc3)c(SC(C)C(=O)Nc3c(C)nn(C)c3C)nc2s1. The van der Waals surface area contributed by atoms with E-state index in [1.807, 2.05) is 52.1 Å². The van der Waals surface area contributed by atoms with Crippen molar-refractivity contribution in [3.63, 3.8) is 0 Å². The van der Waals surface area contributed by atoms with Gasteiger partial charge in [0, 0.05) is 18.5 Å². The van der Waals surface area contributed by atoms with Crippen molar-refractivity contribution in [3.05, 3.63) is 68.6 Å². The lowest BCUT2D eigenvalue weighted by atomic mass is 10.1. The molecule has 9 heteroatoms. The van der Waals surface area contributed by atoms with Gasteiger partial charge in [0.15, 0.2) is 5.16 Å². The summed E-state index contributed by atoms with van der Waals surface area (Å²) in [6, 6.07) is 12.0. The number of fused-ring (bicyclic) bond motifs is 1. The van der Waals surface area contributed by atoms with Gasteiger partial charge < -0.3 is 5.32 Å². The highest BCUT2D eigenvalue weighted by Gasteiger charge is 2.22. The Labute approximate surface area is 207 Å². The molecule has 1 amide bonds. The highest BCUT2D eigenvalue weighted by atomic mass is 32.2. The average molecular weight is 496 g/mol. The van der Waals surface area contributed by atoms with Crippen molar-refractivity contribution < 1.29 is 4.79 Å². The number of anilines is 1. The standard InChI is InChI=1S/C25H29N5O2S2/c1-6-19-14-20-23(34-19)27-25(30(24(20)32)13-12-18-10-8-7-9-11-18)33-17(4)22(31)26-21-15(2)28-29(5)16(21)3/h7-11,14,17H,6,12-13H2,1-5H3,(H,26,31). The maximum atomic E-state index is 13.4. The van der Waals surface area contributed by atoms with Gasteiger partial charge in [-0.2, -0.15) is 5.10 Å². The summed E-state index contributed by atoms with van der Waals surface area (Å²) in [6.07, 6.45) is 1.57. The molecule has 0 aliphatic carbocycles. The first-order chi connectivity index (χ1) is 16.3. The molecule has 4 rings (SSSR count). The second kappa shape index (κ2) is 10.1. The zero-order valence-electron chi connectivity index (χ0n) is 20.1. The number of hydrogen-bond acceptors (Lipinski definition) is 6. The van der Waals surface area contributed by atoms with Crippen molar-refractivity contribution in [1.82, 2.24) is 19.3 Å². The third-order valence-corrected chi connectivity index (χ3v) is 8.15. The molecule has 178 valence electrons. The summed E-state index contributed by atoms with van der Waals surface area (Å²) in [5.74, 6) is -0.145. The normalized spacial score (nSPS) is 12.3. The number of amides is 1. The van der Waals surface area contributed by atoms with Crippen molar-refractivity contribution in [2.45, 2.75) is 57.5 Å². The molecular formula is C25H29N5O2S2. The summed E-state index contributed by atoms with van der Waals surface area (Å²) in [5.41, 5.74) is 3.50. The van der Waals surface area contributed by atoms with Crippen LogP contribution in [0.25, 0.3) is 10.2 Å². The molecule has 1 aromatic carbocycles. The van der Waals surface area contributed by atoms with Gasteiger partial charge in [-0.25, -0.2) is 4.98 Å². The Morgan fingerprint density at radius 3 is 2.62 bits per heavy atom. The number of nitrogens with one attached hydrogen (secondary N) is 1. The van der Waals surface area contributed by atoms with Crippen LogP contribution < -0.4 is 10.9 Å². The number of nitrogens with zero attached hydrogens (tertiary/aromatic N) is 4. The highest BCUT2D eigenvalue weighted by molar-refractivity contribution is 8.00. The summed E-state index contributed by atoms with van der Waals surface area (Å²) >= 11 is 2.86. The van der Waals surface area contributed by atoms with Crippen LogP contribution in [0.1, 0.15) is 35.7 Å². The topological polar surface area (TPSA) is 81.8 Å². The van der Waals surface area contributed by atoms with E-state index in [1.54, 1.807) is 20.6 Å². The number of aromatic nitrogens is 4. The molecule has 0 aliphatic rings. The van der Waals surface area contributed by atoms with Crippen molar-refractivity contribution in [1.29, 1.82) is 0 Å². The molecule has 4 aromatic rings. The van der Waals surface area contributed by atoms with Crippen molar-refractivity contribution in [3.8, 4) is 0 Å². The number of carbonyl (C=O) groups excluding carboxylic acids is 1. The van der Waals surface area contributed by atoms with Gasteiger partial charge in [0.05, 0.1) is 27.7 Å². The third kappa shape index (κ3) is 4.95. The molecule has 0 aliphatic heterocycles. The van der Waals surface area contributed by atoms with E-state index in [0.29, 0.717) is 23.5 Å². The van der Waals surface area contributed by atoms with Crippen LogP contribution in [-0.2, 0) is 31.2 Å². The second-order valence-electron chi connectivity index (χ2n) is 8.29. The van der Waals surface area contributed by atoms with Crippen molar-refractivity contribution >= 4 is 44.9 Å². The third-order valence-electron chi connectivity index (χ3n) is 5.89. The number of rotatable bonds is 8. The van der Waals surface area contributed by atoms with Crippen LogP contribution in [0.15, 0.2) is 46.3 Å². The minimum Gasteiger partial charge on any atom is -0.322 e. The van der Waals surface area contributed by atoms with Crippen LogP contribution in [0.2, 0.25) is 0 Å². The molecule has 7 nitrogen and oxygen atoms in total. The molecule has 1 atom stereocenters. The Bertz CT molecular complexity index is 1390. The Morgan fingerprint density at radius 1 is 1.24 bits per heavy atom. The summed E-state index contributed by atoms with van der Waals surface area (Å²) in [7, 11) is 1.85. The number of benzene rings is 1. The maximum Gasteiger partial charge on any atom is 0.262 e. The van der Waals surface area contributed by atoms with Crippen LogP contribution in [0.4, 0.5) is 5.69 Å². The predicted molar refractivity (Wildman–Crippen MR) is 140 cm³/mol. The van der Waals surface area contributed by atoms with Gasteiger partial charge in [0.1, 0.15) is 4.83 Å². The van der Waals surface area contributed by atoms with E-state index in [1.165, 1.54) is 11.8 Å². The van der Waals surface area contributed by atoms with E-state index in [-0.39, 0.29) is 11.5 Å². The lowest BCUT2D eigenvalue weighted by molar-refractivity contribution is -0.115. The van der Waals surface area contributed by atoms with E-state index >= 15 is 0 Å². The zero-order valence-corrected chi connectivity index (χ0v) is 21.7. The van der Waals surface area contributed by atoms with Crippen LogP contribution in [0, 0.1) is 13.8 Å². The monoisotopic (exact) mass is 495 g/mol. The molecule has 0 fully saturated rings. The van der Waals surface area contributed by atoms with Gasteiger partial charge in [-0.05, 0) is 45.2 Å². The number of aryl methyl sites for hydroxylation is 4. The molecule has 1 N–H and O–H groups in total. The fraction of sp³-hybridized carbons (Fsp3) is 0.360. The largest absolute Gasteiger partial charge is 0.322 e. The Hall–Kier alpha value is -2.91. The molecule has 1 unspecified atom stereocenters. The molecule has 34 heavy (non-hydrogen) atoms. The summed E-state index contributed by atoms with van der Waals surface area (Å²) < 4.78 is 3.47. The van der Waals surface area contributed by atoms with Crippen molar-refractivity contribution in [2.75, 3.05) is 5.32 Å². The molecule has 0 bridgehead atoms. The molecule has 0 radical (unpaired) electrons. The Kier molecular flexibility index (Phi) is 7.23. The fourth-order valence-corrected chi connectivity index (χ4v) is 5.73. The van der Waals surface area contributed by atoms with Crippen LogP contribution >= 0.6 is 23.1 Å². The van der Waals surface area contributed by atoms with E-state index in [9.17, 15) is 9.59 Å². The summed E-state index contributed by atoms with van der Waals surface area (Å²) in [5, 5.41) is 8.15. The molecule has 3 heterocycles. The van der Waals surface area contributed by atoms with Crippen molar-refractivity contribution in [2.24, 2.45) is 7.05 Å². The van der Waals surface area contributed by atoms with E-state index in [2.05, 4.69) is 29.5 Å².